The fourth-order valence-corrected chi connectivity index (χ4v) is 3.07. The number of aryl methyl sites for hydroxylation is 1. The van der Waals surface area contributed by atoms with Crippen LogP contribution in [0.1, 0.15) is 22.3 Å². The lowest BCUT2D eigenvalue weighted by molar-refractivity contribution is -0.121. The van der Waals surface area contributed by atoms with E-state index in [1.807, 2.05) is 6.92 Å². The number of nitrogens with one attached hydrogen (secondary N) is 2. The van der Waals surface area contributed by atoms with Crippen molar-refractivity contribution in [3.05, 3.63) is 52.5 Å². The summed E-state index contributed by atoms with van der Waals surface area (Å²) in [6.07, 6.45) is -0.0912. The highest BCUT2D eigenvalue weighted by Crippen LogP contribution is 2.27. The minimum Gasteiger partial charge on any atom is -0.497 e. The predicted octanol–water partition coefficient (Wildman–Crippen LogP) is 2.23. The molecule has 152 valence electrons. The van der Waals surface area contributed by atoms with Gasteiger partial charge < -0.3 is 9.47 Å². The Morgan fingerprint density at radius 1 is 1.10 bits per heavy atom. The van der Waals surface area contributed by atoms with E-state index in [1.54, 1.807) is 24.3 Å². The van der Waals surface area contributed by atoms with Gasteiger partial charge in [0.25, 0.3) is 11.8 Å². The van der Waals surface area contributed by atoms with Crippen molar-refractivity contribution in [3.63, 3.8) is 0 Å². The minimum atomic E-state index is -0.890. The summed E-state index contributed by atoms with van der Waals surface area (Å²) in [5, 5.41) is 0.458. The Morgan fingerprint density at radius 3 is 2.34 bits per heavy atom. The van der Waals surface area contributed by atoms with Gasteiger partial charge in [0.15, 0.2) is 0 Å². The molecule has 0 spiro atoms. The first-order valence-electron chi connectivity index (χ1n) is 8.76. The topological polar surface area (TPSA) is 97.0 Å². The predicted molar refractivity (Wildman–Crippen MR) is 107 cm³/mol. The summed E-state index contributed by atoms with van der Waals surface area (Å²) in [4.78, 5) is 38.5. The number of ether oxygens (including phenoxy) is 2. The van der Waals surface area contributed by atoms with Gasteiger partial charge in [0, 0.05) is 16.7 Å². The summed E-state index contributed by atoms with van der Waals surface area (Å²) in [6.45, 7) is 1.83. The zero-order valence-electron chi connectivity index (χ0n) is 16.1. The molecule has 3 amide bonds. The normalized spacial score (nSPS) is 16.1. The van der Waals surface area contributed by atoms with Crippen molar-refractivity contribution >= 4 is 35.0 Å². The number of carbonyl (C=O) groups excluding carboxylic acids is 3. The van der Waals surface area contributed by atoms with Gasteiger partial charge in [-0.15, -0.1) is 0 Å². The van der Waals surface area contributed by atoms with Gasteiger partial charge in [-0.25, -0.2) is 10.3 Å². The van der Waals surface area contributed by atoms with Gasteiger partial charge in [-0.3, -0.25) is 19.8 Å². The van der Waals surface area contributed by atoms with Gasteiger partial charge >= 0.3 is 0 Å². The van der Waals surface area contributed by atoms with Crippen LogP contribution in [0.25, 0.3) is 0 Å². The Hall–Kier alpha value is -3.10. The lowest BCUT2D eigenvalue weighted by atomic mass is 10.2. The van der Waals surface area contributed by atoms with Crippen LogP contribution in [0.4, 0.5) is 5.69 Å². The molecule has 1 heterocycles. The number of hydrogen-bond donors (Lipinski definition) is 2. The number of anilines is 1. The molecule has 0 unspecified atom stereocenters. The van der Waals surface area contributed by atoms with E-state index in [2.05, 4.69) is 10.9 Å². The van der Waals surface area contributed by atoms with Gasteiger partial charge in [-0.2, -0.15) is 0 Å². The SMILES string of the molecule is COc1cc(OC)cc(C(=O)NN[C@@H]2CC(=O)N(c3ccc(C)c(Cl)c3)C2=O)c1. The number of benzene rings is 2. The molecule has 9 heteroatoms. The molecule has 0 bridgehead atoms. The molecule has 8 nitrogen and oxygen atoms in total. The number of rotatable bonds is 6. The summed E-state index contributed by atoms with van der Waals surface area (Å²) in [6, 6.07) is 8.75. The van der Waals surface area contributed by atoms with Crippen LogP contribution in [-0.2, 0) is 9.59 Å². The smallest absolute Gasteiger partial charge is 0.265 e. The maximum absolute atomic E-state index is 12.7. The first-order valence-corrected chi connectivity index (χ1v) is 9.13. The van der Waals surface area contributed by atoms with E-state index in [-0.39, 0.29) is 17.9 Å². The third-order valence-electron chi connectivity index (χ3n) is 4.53. The number of imide groups is 1. The van der Waals surface area contributed by atoms with E-state index in [4.69, 9.17) is 21.1 Å². The lowest BCUT2D eigenvalue weighted by Crippen LogP contribution is -2.48. The fourth-order valence-electron chi connectivity index (χ4n) is 2.90. The van der Waals surface area contributed by atoms with Crippen LogP contribution >= 0.6 is 11.6 Å². The van der Waals surface area contributed by atoms with Crippen LogP contribution in [0.15, 0.2) is 36.4 Å². The molecule has 1 atom stereocenters. The number of hydrazine groups is 1. The zero-order valence-corrected chi connectivity index (χ0v) is 16.9. The Kier molecular flexibility index (Phi) is 6.05. The van der Waals surface area contributed by atoms with E-state index < -0.39 is 17.9 Å². The van der Waals surface area contributed by atoms with Gasteiger partial charge in [0.05, 0.1) is 26.3 Å². The number of carbonyl (C=O) groups is 3. The molecular weight excluding hydrogens is 398 g/mol. The summed E-state index contributed by atoms with van der Waals surface area (Å²) in [7, 11) is 2.95. The van der Waals surface area contributed by atoms with Gasteiger partial charge in [-0.05, 0) is 36.8 Å². The fraction of sp³-hybridized carbons (Fsp3) is 0.250. The molecule has 1 aliphatic heterocycles. The quantitative estimate of drug-likeness (QED) is 0.552. The molecule has 1 saturated heterocycles. The van der Waals surface area contributed by atoms with Crippen LogP contribution in [0.3, 0.4) is 0 Å². The summed E-state index contributed by atoms with van der Waals surface area (Å²) >= 11 is 6.10. The van der Waals surface area contributed by atoms with E-state index >= 15 is 0 Å². The van der Waals surface area contributed by atoms with E-state index in [0.717, 1.165) is 10.5 Å². The molecule has 0 saturated carbocycles. The third kappa shape index (κ3) is 4.33. The molecule has 1 fully saturated rings. The molecular formula is C20H20ClN3O5. The Morgan fingerprint density at radius 2 is 1.76 bits per heavy atom. The van der Waals surface area contributed by atoms with Crippen LogP contribution in [0, 0.1) is 6.92 Å². The van der Waals surface area contributed by atoms with E-state index in [9.17, 15) is 14.4 Å². The summed E-state index contributed by atoms with van der Waals surface area (Å²) in [5.41, 5.74) is 6.60. The maximum Gasteiger partial charge on any atom is 0.265 e. The van der Waals surface area contributed by atoms with Crippen molar-refractivity contribution in [3.8, 4) is 11.5 Å². The van der Waals surface area contributed by atoms with Gasteiger partial charge in [0.2, 0.25) is 5.91 Å². The summed E-state index contributed by atoms with van der Waals surface area (Å²) < 4.78 is 10.3. The molecule has 1 aliphatic rings. The van der Waals surface area contributed by atoms with Gasteiger partial charge in [0.1, 0.15) is 17.5 Å². The monoisotopic (exact) mass is 417 g/mol. The Bertz CT molecular complexity index is 956. The lowest BCUT2D eigenvalue weighted by Gasteiger charge is -2.17. The van der Waals surface area contributed by atoms with Crippen molar-refractivity contribution in [2.24, 2.45) is 0 Å². The van der Waals surface area contributed by atoms with Crippen LogP contribution in [0.5, 0.6) is 11.5 Å². The first kappa shape index (κ1) is 20.6. The third-order valence-corrected chi connectivity index (χ3v) is 4.94. The second kappa shape index (κ2) is 8.50. The molecule has 29 heavy (non-hydrogen) atoms. The molecule has 2 aromatic carbocycles. The molecule has 2 aromatic rings. The van der Waals surface area contributed by atoms with Crippen molar-refractivity contribution in [1.29, 1.82) is 0 Å². The molecule has 0 aromatic heterocycles. The average Bonchev–Trinajstić information content (AvgIpc) is 3.01. The van der Waals surface area contributed by atoms with Crippen molar-refractivity contribution in [2.75, 3.05) is 19.1 Å². The number of nitrogens with zero attached hydrogens (tertiary/aromatic N) is 1. The van der Waals surface area contributed by atoms with Crippen molar-refractivity contribution in [1.82, 2.24) is 10.9 Å². The first-order chi connectivity index (χ1) is 13.8. The average molecular weight is 418 g/mol. The Balaban J connectivity index is 1.70. The van der Waals surface area contributed by atoms with E-state index in [0.29, 0.717) is 22.2 Å². The number of halogens is 1. The molecule has 2 N–H and O–H groups in total. The Labute approximate surface area is 172 Å². The summed E-state index contributed by atoms with van der Waals surface area (Å²) in [5.74, 6) is -0.462. The molecule has 0 radical (unpaired) electrons. The standard InChI is InChI=1S/C20H20ClN3O5/c1-11-4-5-13(8-16(11)21)24-18(25)10-17(20(24)27)22-23-19(26)12-6-14(28-2)9-15(7-12)29-3/h4-9,17,22H,10H2,1-3H3,(H,23,26)/t17-/m1/s1. The van der Waals surface area contributed by atoms with E-state index in [1.165, 1.54) is 26.4 Å². The van der Waals surface area contributed by atoms with Crippen molar-refractivity contribution < 1.29 is 23.9 Å². The van der Waals surface area contributed by atoms with Gasteiger partial charge in [-0.1, -0.05) is 17.7 Å². The highest BCUT2D eigenvalue weighted by molar-refractivity contribution is 6.32. The minimum absolute atomic E-state index is 0.0912. The largest absolute Gasteiger partial charge is 0.497 e. The number of methoxy groups -OCH3 is 2. The maximum atomic E-state index is 12.7. The highest BCUT2D eigenvalue weighted by atomic mass is 35.5. The molecule has 0 aliphatic carbocycles. The van der Waals surface area contributed by atoms with Crippen LogP contribution < -0.4 is 25.2 Å². The van der Waals surface area contributed by atoms with Crippen LogP contribution in [0.2, 0.25) is 5.02 Å². The van der Waals surface area contributed by atoms with Crippen molar-refractivity contribution in [2.45, 2.75) is 19.4 Å². The zero-order chi connectivity index (χ0) is 21.1. The second-order valence-electron chi connectivity index (χ2n) is 6.46. The number of hydrogen-bond acceptors (Lipinski definition) is 6. The second-order valence-corrected chi connectivity index (χ2v) is 6.86. The highest BCUT2D eigenvalue weighted by Gasteiger charge is 2.39. The van der Waals surface area contributed by atoms with Crippen LogP contribution in [-0.4, -0.2) is 38.0 Å². The number of amides is 3. The molecule has 3 rings (SSSR count).